The summed E-state index contributed by atoms with van der Waals surface area (Å²) in [5.41, 5.74) is 1.12. The molecule has 1 fully saturated rings. The van der Waals surface area contributed by atoms with Crippen molar-refractivity contribution in [1.82, 2.24) is 20.5 Å². The van der Waals surface area contributed by atoms with E-state index < -0.39 is 0 Å². The van der Waals surface area contributed by atoms with Crippen LogP contribution in [0.4, 0.5) is 0 Å². The van der Waals surface area contributed by atoms with Crippen molar-refractivity contribution < 1.29 is 4.79 Å². The van der Waals surface area contributed by atoms with Crippen molar-refractivity contribution in [3.8, 4) is 0 Å². The van der Waals surface area contributed by atoms with Crippen LogP contribution >= 0.6 is 0 Å². The molecule has 18 heavy (non-hydrogen) atoms. The van der Waals surface area contributed by atoms with E-state index in [9.17, 15) is 4.79 Å². The van der Waals surface area contributed by atoms with Crippen LogP contribution in [0.15, 0.2) is 18.5 Å². The number of hydrogen-bond acceptors (Lipinski definition) is 3. The summed E-state index contributed by atoms with van der Waals surface area (Å²) in [5, 5.41) is 6.26. The van der Waals surface area contributed by atoms with Gasteiger partial charge in [0.05, 0.1) is 0 Å². The zero-order valence-electron chi connectivity index (χ0n) is 10.7. The molecular weight excluding hydrogens is 228 g/mol. The van der Waals surface area contributed by atoms with Gasteiger partial charge in [0.1, 0.15) is 0 Å². The largest absolute Gasteiger partial charge is 0.367 e. The molecule has 5 heteroatoms. The number of carbonyl (C=O) groups is 1. The minimum Gasteiger partial charge on any atom is -0.367 e. The number of rotatable bonds is 6. The molecule has 1 aliphatic heterocycles. The molecule has 3 N–H and O–H groups in total. The molecule has 0 spiro atoms. The van der Waals surface area contributed by atoms with Crippen molar-refractivity contribution >= 4 is 5.91 Å². The Morgan fingerprint density at radius 2 is 2.22 bits per heavy atom. The summed E-state index contributed by atoms with van der Waals surface area (Å²) in [6, 6.07) is 1.97. The topological polar surface area (TPSA) is 60.2 Å². The highest BCUT2D eigenvalue weighted by molar-refractivity contribution is 5.75. The van der Waals surface area contributed by atoms with E-state index in [1.54, 1.807) is 0 Å². The number of hydrogen-bond donors (Lipinski definition) is 3. The molecule has 2 heterocycles. The molecule has 0 radical (unpaired) electrons. The quantitative estimate of drug-likeness (QED) is 0.681. The first-order valence-electron chi connectivity index (χ1n) is 6.66. The van der Waals surface area contributed by atoms with Gasteiger partial charge in [-0.15, -0.1) is 0 Å². The Balaban J connectivity index is 1.54. The molecule has 0 saturated carbocycles. The molecule has 1 amide bonds. The van der Waals surface area contributed by atoms with Crippen molar-refractivity contribution in [3.63, 3.8) is 0 Å². The Bertz CT molecular complexity index is 344. The Morgan fingerprint density at radius 1 is 1.39 bits per heavy atom. The van der Waals surface area contributed by atoms with Crippen LogP contribution in [-0.4, -0.2) is 48.5 Å². The molecule has 1 saturated heterocycles. The van der Waals surface area contributed by atoms with Gasteiger partial charge in [-0.1, -0.05) is 0 Å². The van der Waals surface area contributed by atoms with Gasteiger partial charge in [0.2, 0.25) is 5.91 Å². The number of piperazine rings is 1. The van der Waals surface area contributed by atoms with E-state index in [-0.39, 0.29) is 5.91 Å². The number of aromatic nitrogens is 1. The van der Waals surface area contributed by atoms with Crippen LogP contribution in [0.3, 0.4) is 0 Å². The van der Waals surface area contributed by atoms with Crippen molar-refractivity contribution in [3.05, 3.63) is 24.0 Å². The number of aromatic amines is 1. The van der Waals surface area contributed by atoms with Gasteiger partial charge in [0.25, 0.3) is 0 Å². The molecule has 1 aliphatic rings. The van der Waals surface area contributed by atoms with Crippen molar-refractivity contribution in [2.24, 2.45) is 0 Å². The average molecular weight is 250 g/mol. The standard InChI is InChI=1S/C13H22N4O/c18-13(16-11-12-3-4-15-10-12)2-1-7-17-8-5-14-6-9-17/h3-4,10,14-15H,1-2,5-9,11H2,(H,16,18). The van der Waals surface area contributed by atoms with Gasteiger partial charge < -0.3 is 20.5 Å². The molecule has 0 aromatic carbocycles. The maximum absolute atomic E-state index is 11.6. The zero-order valence-corrected chi connectivity index (χ0v) is 10.7. The summed E-state index contributed by atoms with van der Waals surface area (Å²) in [6.45, 7) is 5.99. The highest BCUT2D eigenvalue weighted by Gasteiger charge is 2.09. The fourth-order valence-electron chi connectivity index (χ4n) is 2.16. The van der Waals surface area contributed by atoms with Crippen LogP contribution in [0, 0.1) is 0 Å². The lowest BCUT2D eigenvalue weighted by molar-refractivity contribution is -0.121. The van der Waals surface area contributed by atoms with Crippen molar-refractivity contribution in [2.75, 3.05) is 32.7 Å². The number of amides is 1. The summed E-state index contributed by atoms with van der Waals surface area (Å²) < 4.78 is 0. The van der Waals surface area contributed by atoms with E-state index >= 15 is 0 Å². The predicted octanol–water partition coefficient (Wildman–Crippen LogP) is 0.316. The molecule has 0 atom stereocenters. The number of H-pyrrole nitrogens is 1. The maximum Gasteiger partial charge on any atom is 0.220 e. The normalized spacial score (nSPS) is 16.7. The highest BCUT2D eigenvalue weighted by atomic mass is 16.1. The second kappa shape index (κ2) is 7.18. The lowest BCUT2D eigenvalue weighted by atomic mass is 10.2. The van der Waals surface area contributed by atoms with Crippen LogP contribution in [0.1, 0.15) is 18.4 Å². The molecule has 0 unspecified atom stereocenters. The number of nitrogens with zero attached hydrogens (tertiary/aromatic N) is 1. The van der Waals surface area contributed by atoms with E-state index in [0.717, 1.165) is 44.7 Å². The molecule has 1 aromatic rings. The fraction of sp³-hybridized carbons (Fsp3) is 0.615. The molecule has 0 aliphatic carbocycles. The van der Waals surface area contributed by atoms with Crippen LogP contribution in [-0.2, 0) is 11.3 Å². The van der Waals surface area contributed by atoms with Gasteiger partial charge >= 0.3 is 0 Å². The van der Waals surface area contributed by atoms with Crippen molar-refractivity contribution in [2.45, 2.75) is 19.4 Å². The van der Waals surface area contributed by atoms with Gasteiger partial charge in [-0.05, 0) is 24.6 Å². The van der Waals surface area contributed by atoms with Gasteiger partial charge in [-0.2, -0.15) is 0 Å². The summed E-state index contributed by atoms with van der Waals surface area (Å²) in [4.78, 5) is 17.0. The average Bonchev–Trinajstić information content (AvgIpc) is 2.91. The molecule has 1 aromatic heterocycles. The lowest BCUT2D eigenvalue weighted by Gasteiger charge is -2.26. The zero-order chi connectivity index (χ0) is 12.6. The van der Waals surface area contributed by atoms with E-state index in [0.29, 0.717) is 13.0 Å². The fourth-order valence-corrected chi connectivity index (χ4v) is 2.16. The Labute approximate surface area is 108 Å². The van der Waals surface area contributed by atoms with E-state index in [2.05, 4.69) is 20.5 Å². The van der Waals surface area contributed by atoms with E-state index in [4.69, 9.17) is 0 Å². The second-order valence-electron chi connectivity index (χ2n) is 4.69. The Hall–Kier alpha value is -1.33. The Kier molecular flexibility index (Phi) is 5.23. The van der Waals surface area contributed by atoms with Gasteiger partial charge in [-0.25, -0.2) is 0 Å². The van der Waals surface area contributed by atoms with Crippen LogP contribution in [0.25, 0.3) is 0 Å². The third kappa shape index (κ3) is 4.50. The summed E-state index contributed by atoms with van der Waals surface area (Å²) in [6.07, 6.45) is 5.33. The van der Waals surface area contributed by atoms with Crippen LogP contribution in [0.5, 0.6) is 0 Å². The van der Waals surface area contributed by atoms with Crippen molar-refractivity contribution in [1.29, 1.82) is 0 Å². The lowest BCUT2D eigenvalue weighted by Crippen LogP contribution is -2.43. The van der Waals surface area contributed by atoms with Gasteiger partial charge in [0, 0.05) is 51.5 Å². The van der Waals surface area contributed by atoms with Crippen LogP contribution in [0.2, 0.25) is 0 Å². The molecule has 2 rings (SSSR count). The third-order valence-corrected chi connectivity index (χ3v) is 3.24. The molecule has 5 nitrogen and oxygen atoms in total. The van der Waals surface area contributed by atoms with Gasteiger partial charge in [0.15, 0.2) is 0 Å². The first-order valence-corrected chi connectivity index (χ1v) is 6.66. The molecular formula is C13H22N4O. The van der Waals surface area contributed by atoms with E-state index in [1.165, 1.54) is 0 Å². The predicted molar refractivity (Wildman–Crippen MR) is 71.2 cm³/mol. The maximum atomic E-state index is 11.6. The van der Waals surface area contributed by atoms with Crippen LogP contribution < -0.4 is 10.6 Å². The highest BCUT2D eigenvalue weighted by Crippen LogP contribution is 1.99. The Morgan fingerprint density at radius 3 is 2.94 bits per heavy atom. The number of nitrogens with one attached hydrogen (secondary N) is 3. The molecule has 0 bridgehead atoms. The minimum absolute atomic E-state index is 0.145. The summed E-state index contributed by atoms with van der Waals surface area (Å²) in [7, 11) is 0. The smallest absolute Gasteiger partial charge is 0.220 e. The summed E-state index contributed by atoms with van der Waals surface area (Å²) >= 11 is 0. The molecule has 100 valence electrons. The first kappa shape index (κ1) is 13.1. The number of carbonyl (C=O) groups excluding carboxylic acids is 1. The third-order valence-electron chi connectivity index (χ3n) is 3.24. The minimum atomic E-state index is 0.145. The first-order chi connectivity index (χ1) is 8.84. The van der Waals surface area contributed by atoms with Gasteiger partial charge in [-0.3, -0.25) is 4.79 Å². The second-order valence-corrected chi connectivity index (χ2v) is 4.69. The van der Waals surface area contributed by atoms with E-state index in [1.807, 2.05) is 18.5 Å². The monoisotopic (exact) mass is 250 g/mol. The SMILES string of the molecule is O=C(CCCN1CCNCC1)NCc1cc[nH]c1. The summed E-state index contributed by atoms with van der Waals surface area (Å²) in [5.74, 6) is 0.145.